The zero-order chi connectivity index (χ0) is 16.4. The van der Waals surface area contributed by atoms with E-state index in [0.29, 0.717) is 11.7 Å². The van der Waals surface area contributed by atoms with Gasteiger partial charge in [-0.2, -0.15) is 0 Å². The van der Waals surface area contributed by atoms with E-state index in [1.807, 2.05) is 14.0 Å². The summed E-state index contributed by atoms with van der Waals surface area (Å²) in [6, 6.07) is 1.03. The summed E-state index contributed by atoms with van der Waals surface area (Å²) >= 11 is 0. The fourth-order valence-corrected chi connectivity index (χ4v) is 3.89. The molecule has 1 aromatic rings. The summed E-state index contributed by atoms with van der Waals surface area (Å²) in [6.07, 6.45) is 6.36. The number of amides is 1. The molecule has 0 atom stereocenters. The third-order valence-electron chi connectivity index (χ3n) is 5.40. The Morgan fingerprint density at radius 3 is 2.35 bits per heavy atom. The molecule has 0 radical (unpaired) electrons. The summed E-state index contributed by atoms with van der Waals surface area (Å²) in [5, 5.41) is 3.20. The Morgan fingerprint density at radius 2 is 1.78 bits per heavy atom. The summed E-state index contributed by atoms with van der Waals surface area (Å²) in [5.74, 6) is 0.0141. The van der Waals surface area contributed by atoms with Gasteiger partial charge in [0.1, 0.15) is 5.69 Å². The quantitative estimate of drug-likeness (QED) is 0.904. The first kappa shape index (κ1) is 16.5. The summed E-state index contributed by atoms with van der Waals surface area (Å²) < 4.78 is 1.80. The molecule has 2 aliphatic rings. The normalized spacial score (nSPS) is 22.4. The maximum atomic E-state index is 12.4. The van der Waals surface area contributed by atoms with Crippen LogP contribution < -0.4 is 5.32 Å². The van der Waals surface area contributed by atoms with Crippen molar-refractivity contribution >= 4 is 5.91 Å². The maximum Gasteiger partial charge on any atom is 0.270 e. The van der Waals surface area contributed by atoms with E-state index in [2.05, 4.69) is 27.1 Å². The van der Waals surface area contributed by atoms with E-state index >= 15 is 0 Å². The van der Waals surface area contributed by atoms with Gasteiger partial charge < -0.3 is 19.7 Å². The molecule has 1 aromatic heterocycles. The van der Waals surface area contributed by atoms with Crippen LogP contribution >= 0.6 is 0 Å². The number of nitrogens with one attached hydrogen (secondary N) is 1. The van der Waals surface area contributed by atoms with E-state index < -0.39 is 0 Å². The molecule has 0 aromatic carbocycles. The molecule has 0 aliphatic carbocycles. The van der Waals surface area contributed by atoms with Gasteiger partial charge in [-0.05, 0) is 52.7 Å². The molecule has 0 spiro atoms. The van der Waals surface area contributed by atoms with Crippen molar-refractivity contribution in [3.8, 4) is 0 Å². The van der Waals surface area contributed by atoms with Crippen LogP contribution in [0.4, 0.5) is 0 Å². The number of imidazole rings is 1. The number of rotatable bonds is 3. The van der Waals surface area contributed by atoms with Crippen molar-refractivity contribution in [1.82, 2.24) is 24.7 Å². The molecule has 1 amide bonds. The Labute approximate surface area is 138 Å². The van der Waals surface area contributed by atoms with Crippen LogP contribution in [-0.2, 0) is 7.05 Å². The van der Waals surface area contributed by atoms with Crippen LogP contribution in [0.2, 0.25) is 0 Å². The highest BCUT2D eigenvalue weighted by Gasteiger charge is 2.28. The molecular weight excluding hydrogens is 290 g/mol. The first-order chi connectivity index (χ1) is 11.0. The highest BCUT2D eigenvalue weighted by Crippen LogP contribution is 2.20. The lowest BCUT2D eigenvalue weighted by atomic mass is 9.98. The van der Waals surface area contributed by atoms with Gasteiger partial charge in [-0.3, -0.25) is 4.79 Å². The van der Waals surface area contributed by atoms with E-state index in [4.69, 9.17) is 0 Å². The lowest BCUT2D eigenvalue weighted by Crippen LogP contribution is -2.50. The van der Waals surface area contributed by atoms with Gasteiger partial charge in [0.25, 0.3) is 5.91 Å². The maximum absolute atomic E-state index is 12.4. The Kier molecular flexibility index (Phi) is 5.02. The molecule has 23 heavy (non-hydrogen) atoms. The van der Waals surface area contributed by atoms with Crippen molar-refractivity contribution in [2.45, 2.75) is 44.7 Å². The molecule has 0 bridgehead atoms. The topological polar surface area (TPSA) is 53.4 Å². The number of nitrogens with zero attached hydrogens (tertiary/aromatic N) is 4. The van der Waals surface area contributed by atoms with Crippen molar-refractivity contribution in [1.29, 1.82) is 0 Å². The predicted molar refractivity (Wildman–Crippen MR) is 90.5 cm³/mol. The second kappa shape index (κ2) is 7.01. The minimum Gasteiger partial charge on any atom is -0.348 e. The smallest absolute Gasteiger partial charge is 0.270 e. The van der Waals surface area contributed by atoms with Gasteiger partial charge in [-0.1, -0.05) is 0 Å². The number of piperidine rings is 2. The van der Waals surface area contributed by atoms with Gasteiger partial charge in [0, 0.05) is 32.2 Å². The third kappa shape index (κ3) is 3.75. The molecule has 0 unspecified atom stereocenters. The average molecular weight is 319 g/mol. The molecule has 6 heteroatoms. The fraction of sp³-hybridized carbons (Fsp3) is 0.765. The standard InChI is InChI=1S/C17H29N5O/c1-13-16(21(3)12-18-13)17(23)19-14-4-10-22(11-5-14)15-6-8-20(2)9-7-15/h12,14-15H,4-11H2,1-3H3,(H,19,23). The highest BCUT2D eigenvalue weighted by atomic mass is 16.2. The van der Waals surface area contributed by atoms with E-state index in [0.717, 1.165) is 37.7 Å². The van der Waals surface area contributed by atoms with Gasteiger partial charge in [0.05, 0.1) is 12.0 Å². The first-order valence-corrected chi connectivity index (χ1v) is 8.76. The lowest BCUT2D eigenvalue weighted by molar-refractivity contribution is 0.0801. The zero-order valence-corrected chi connectivity index (χ0v) is 14.6. The van der Waals surface area contributed by atoms with Crippen LogP contribution in [-0.4, -0.2) is 70.6 Å². The van der Waals surface area contributed by atoms with Gasteiger partial charge in [0.15, 0.2) is 0 Å². The van der Waals surface area contributed by atoms with Gasteiger partial charge >= 0.3 is 0 Å². The molecule has 128 valence electrons. The molecule has 3 rings (SSSR count). The highest BCUT2D eigenvalue weighted by molar-refractivity contribution is 5.93. The number of aromatic nitrogens is 2. The number of carbonyl (C=O) groups is 1. The van der Waals surface area contributed by atoms with E-state index in [1.165, 1.54) is 25.9 Å². The van der Waals surface area contributed by atoms with Crippen molar-refractivity contribution in [2.24, 2.45) is 7.05 Å². The summed E-state index contributed by atoms with van der Waals surface area (Å²) in [4.78, 5) is 21.7. The largest absolute Gasteiger partial charge is 0.348 e. The van der Waals surface area contributed by atoms with Crippen molar-refractivity contribution in [3.05, 3.63) is 17.7 Å². The lowest BCUT2D eigenvalue weighted by Gasteiger charge is -2.41. The molecule has 1 N–H and O–H groups in total. The average Bonchev–Trinajstić information content (AvgIpc) is 2.88. The number of aryl methyl sites for hydroxylation is 2. The van der Waals surface area contributed by atoms with E-state index in [9.17, 15) is 4.79 Å². The Morgan fingerprint density at radius 1 is 1.13 bits per heavy atom. The van der Waals surface area contributed by atoms with Crippen LogP contribution in [0, 0.1) is 6.92 Å². The Bertz CT molecular complexity index is 520. The van der Waals surface area contributed by atoms with E-state index in [-0.39, 0.29) is 5.91 Å². The van der Waals surface area contributed by atoms with Crippen LogP contribution in [0.5, 0.6) is 0 Å². The molecule has 6 nitrogen and oxygen atoms in total. The number of hydrogen-bond donors (Lipinski definition) is 1. The molecule has 2 fully saturated rings. The minimum atomic E-state index is 0.0141. The molecule has 2 aliphatic heterocycles. The number of carbonyl (C=O) groups excluding carboxylic acids is 1. The fourth-order valence-electron chi connectivity index (χ4n) is 3.89. The molecule has 3 heterocycles. The van der Waals surface area contributed by atoms with Gasteiger partial charge in [-0.15, -0.1) is 0 Å². The number of likely N-dealkylation sites (tertiary alicyclic amines) is 2. The molecular formula is C17H29N5O. The second-order valence-electron chi connectivity index (χ2n) is 7.11. The van der Waals surface area contributed by atoms with Gasteiger partial charge in [-0.25, -0.2) is 4.98 Å². The van der Waals surface area contributed by atoms with Crippen molar-refractivity contribution < 1.29 is 4.79 Å². The summed E-state index contributed by atoms with van der Waals surface area (Å²) in [6.45, 7) is 6.51. The van der Waals surface area contributed by atoms with Crippen LogP contribution in [0.15, 0.2) is 6.33 Å². The third-order valence-corrected chi connectivity index (χ3v) is 5.40. The zero-order valence-electron chi connectivity index (χ0n) is 14.6. The van der Waals surface area contributed by atoms with Crippen LogP contribution in [0.25, 0.3) is 0 Å². The van der Waals surface area contributed by atoms with Crippen LogP contribution in [0.1, 0.15) is 41.9 Å². The monoisotopic (exact) mass is 319 g/mol. The van der Waals surface area contributed by atoms with Gasteiger partial charge in [0.2, 0.25) is 0 Å². The van der Waals surface area contributed by atoms with Crippen molar-refractivity contribution in [3.63, 3.8) is 0 Å². The van der Waals surface area contributed by atoms with Crippen LogP contribution in [0.3, 0.4) is 0 Å². The van der Waals surface area contributed by atoms with E-state index in [1.54, 1.807) is 10.9 Å². The summed E-state index contributed by atoms with van der Waals surface area (Å²) in [7, 11) is 4.08. The van der Waals surface area contributed by atoms with Crippen molar-refractivity contribution in [2.75, 3.05) is 33.2 Å². The first-order valence-electron chi connectivity index (χ1n) is 8.76. The second-order valence-corrected chi connectivity index (χ2v) is 7.11. The number of hydrogen-bond acceptors (Lipinski definition) is 4. The summed E-state index contributed by atoms with van der Waals surface area (Å²) in [5.41, 5.74) is 1.48. The Hall–Kier alpha value is -1.40. The Balaban J connectivity index is 1.49. The SMILES string of the molecule is Cc1ncn(C)c1C(=O)NC1CCN(C2CCN(C)CC2)CC1. The predicted octanol–water partition coefficient (Wildman–Crippen LogP) is 1.02. The minimum absolute atomic E-state index is 0.0141. The molecule has 2 saturated heterocycles. The molecule has 0 saturated carbocycles.